The summed E-state index contributed by atoms with van der Waals surface area (Å²) in [4.78, 5) is 30.6. The Morgan fingerprint density at radius 1 is 1.07 bits per heavy atom. The number of pyridine rings is 1. The van der Waals surface area contributed by atoms with E-state index < -0.39 is 12.0 Å². The average Bonchev–Trinajstić information content (AvgIpc) is 3.62. The van der Waals surface area contributed by atoms with Crippen molar-refractivity contribution in [3.8, 4) is 17.1 Å². The second kappa shape index (κ2) is 11.6. The molecule has 0 radical (unpaired) electrons. The van der Waals surface area contributed by atoms with Crippen molar-refractivity contribution in [3.05, 3.63) is 96.0 Å². The van der Waals surface area contributed by atoms with Crippen LogP contribution in [0.1, 0.15) is 47.2 Å². The minimum atomic E-state index is -0.423. The molecule has 2 atom stereocenters. The molecule has 1 fully saturated rings. The number of anilines is 2. The smallest absolute Gasteiger partial charge is 0.337 e. The highest BCUT2D eigenvalue weighted by Crippen LogP contribution is 2.44. The third-order valence-corrected chi connectivity index (χ3v) is 6.96. The predicted octanol–water partition coefficient (Wildman–Crippen LogP) is 5.66. The number of carbonyl (C=O) groups is 2. The van der Waals surface area contributed by atoms with Crippen molar-refractivity contribution >= 4 is 40.6 Å². The Morgan fingerprint density at radius 3 is 2.65 bits per heavy atom. The van der Waals surface area contributed by atoms with Gasteiger partial charge in [0.25, 0.3) is 0 Å². The molecular weight excluding hydrogens is 528 g/mol. The number of carbonyl (C=O) groups excluding carboxylic acids is 2. The van der Waals surface area contributed by atoms with Gasteiger partial charge in [0.2, 0.25) is 5.91 Å². The molecular formula is C30H28N4O5S. The number of rotatable bonds is 8. The van der Waals surface area contributed by atoms with Gasteiger partial charge < -0.3 is 29.4 Å². The molecule has 9 nitrogen and oxygen atoms in total. The van der Waals surface area contributed by atoms with Crippen LogP contribution < -0.4 is 20.3 Å². The number of ether oxygens (including phenoxy) is 2. The van der Waals surface area contributed by atoms with E-state index in [1.807, 2.05) is 53.4 Å². The van der Waals surface area contributed by atoms with E-state index in [-0.39, 0.29) is 11.9 Å². The van der Waals surface area contributed by atoms with E-state index in [1.165, 1.54) is 7.11 Å². The standard InChI is InChI=1S/C30H28N4O5S/c1-4-26(35)32-21-12-11-20(17-25(21)37-2)34-28(27(33-30(34)40)22-10-5-6-15-31-22)24-14-13-23(39-24)18-8-7-9-19(16-18)29(36)38-3/h5-17,27-28H,4H2,1-3H3,(H,32,35)(H,33,40)/t27-,28+/m0/s1. The number of aromatic nitrogens is 1. The van der Waals surface area contributed by atoms with Crippen molar-refractivity contribution in [1.29, 1.82) is 0 Å². The Hall–Kier alpha value is -4.70. The van der Waals surface area contributed by atoms with E-state index in [0.29, 0.717) is 40.1 Å². The zero-order valence-corrected chi connectivity index (χ0v) is 23.0. The second-order valence-electron chi connectivity index (χ2n) is 9.06. The number of furan rings is 1. The number of thiocarbonyl (C=S) groups is 1. The van der Waals surface area contributed by atoms with Gasteiger partial charge >= 0.3 is 5.97 Å². The molecule has 1 saturated heterocycles. The van der Waals surface area contributed by atoms with Crippen LogP contribution in [0.2, 0.25) is 0 Å². The molecule has 5 rings (SSSR count). The van der Waals surface area contributed by atoms with E-state index in [2.05, 4.69) is 15.6 Å². The van der Waals surface area contributed by atoms with Gasteiger partial charge in [-0.2, -0.15) is 0 Å². The topological polar surface area (TPSA) is 106 Å². The molecule has 204 valence electrons. The van der Waals surface area contributed by atoms with Crippen LogP contribution in [-0.4, -0.2) is 36.2 Å². The molecule has 4 aromatic rings. The summed E-state index contributed by atoms with van der Waals surface area (Å²) in [6, 6.07) is 21.3. The fraction of sp³-hybridized carbons (Fsp3) is 0.200. The van der Waals surface area contributed by atoms with Gasteiger partial charge in [-0.15, -0.1) is 0 Å². The Bertz CT molecular complexity index is 1550. The van der Waals surface area contributed by atoms with Gasteiger partial charge in [-0.25, -0.2) is 4.79 Å². The van der Waals surface area contributed by atoms with E-state index in [9.17, 15) is 9.59 Å². The highest BCUT2D eigenvalue weighted by atomic mass is 32.1. The maximum atomic E-state index is 12.1. The summed E-state index contributed by atoms with van der Waals surface area (Å²) in [6.45, 7) is 1.79. The number of benzene rings is 2. The molecule has 10 heteroatoms. The molecule has 1 aliphatic heterocycles. The molecule has 1 aliphatic rings. The molecule has 0 bridgehead atoms. The highest BCUT2D eigenvalue weighted by Gasteiger charge is 2.42. The van der Waals surface area contributed by atoms with E-state index in [1.54, 1.807) is 44.5 Å². The fourth-order valence-electron chi connectivity index (χ4n) is 4.68. The van der Waals surface area contributed by atoms with Gasteiger partial charge in [-0.1, -0.05) is 25.1 Å². The number of nitrogens with zero attached hydrogens (tertiary/aromatic N) is 2. The summed E-state index contributed by atoms with van der Waals surface area (Å²) in [7, 11) is 2.90. The molecule has 0 unspecified atom stereocenters. The summed E-state index contributed by atoms with van der Waals surface area (Å²) in [5, 5.41) is 6.75. The van der Waals surface area contributed by atoms with Crippen molar-refractivity contribution in [2.24, 2.45) is 0 Å². The summed E-state index contributed by atoms with van der Waals surface area (Å²) in [5.74, 6) is 1.20. The Kier molecular flexibility index (Phi) is 7.79. The second-order valence-corrected chi connectivity index (χ2v) is 9.44. The summed E-state index contributed by atoms with van der Waals surface area (Å²) >= 11 is 5.82. The van der Waals surface area contributed by atoms with Crippen LogP contribution in [-0.2, 0) is 9.53 Å². The van der Waals surface area contributed by atoms with Crippen LogP contribution in [0.15, 0.2) is 83.4 Å². The first-order valence-electron chi connectivity index (χ1n) is 12.7. The third-order valence-electron chi connectivity index (χ3n) is 6.64. The van der Waals surface area contributed by atoms with Crippen LogP contribution in [0.4, 0.5) is 11.4 Å². The van der Waals surface area contributed by atoms with Crippen molar-refractivity contribution < 1.29 is 23.5 Å². The number of esters is 1. The summed E-state index contributed by atoms with van der Waals surface area (Å²) < 4.78 is 16.9. The normalized spacial score (nSPS) is 16.4. The van der Waals surface area contributed by atoms with Crippen molar-refractivity contribution in [2.45, 2.75) is 25.4 Å². The number of nitrogens with one attached hydrogen (secondary N) is 2. The summed E-state index contributed by atoms with van der Waals surface area (Å²) in [6.07, 6.45) is 2.09. The van der Waals surface area contributed by atoms with Crippen LogP contribution in [0.25, 0.3) is 11.3 Å². The van der Waals surface area contributed by atoms with E-state index >= 15 is 0 Å². The van der Waals surface area contributed by atoms with Crippen LogP contribution in [0.5, 0.6) is 5.75 Å². The minimum Gasteiger partial charge on any atom is -0.494 e. The maximum absolute atomic E-state index is 12.1. The minimum absolute atomic E-state index is 0.114. The van der Waals surface area contributed by atoms with E-state index in [0.717, 1.165) is 16.9 Å². The Labute approximate surface area is 237 Å². The molecule has 2 aromatic heterocycles. The van der Waals surface area contributed by atoms with Gasteiger partial charge in [-0.05, 0) is 60.7 Å². The molecule has 0 aliphatic carbocycles. The Morgan fingerprint density at radius 2 is 1.93 bits per heavy atom. The number of amides is 1. The summed E-state index contributed by atoms with van der Waals surface area (Å²) in [5.41, 5.74) is 3.28. The SMILES string of the molecule is CCC(=O)Nc1ccc(N2C(=S)N[C@@H](c3ccccn3)[C@H]2c2ccc(-c3cccc(C(=O)OC)c3)o2)cc1OC. The van der Waals surface area contributed by atoms with Crippen molar-refractivity contribution in [2.75, 3.05) is 24.4 Å². The largest absolute Gasteiger partial charge is 0.494 e. The molecule has 2 N–H and O–H groups in total. The van der Waals surface area contributed by atoms with Gasteiger partial charge in [-0.3, -0.25) is 9.78 Å². The highest BCUT2D eigenvalue weighted by molar-refractivity contribution is 7.80. The maximum Gasteiger partial charge on any atom is 0.337 e. The number of hydrogen-bond donors (Lipinski definition) is 2. The first kappa shape index (κ1) is 26.9. The van der Waals surface area contributed by atoms with Crippen LogP contribution in [0.3, 0.4) is 0 Å². The van der Waals surface area contributed by atoms with Gasteiger partial charge in [0.1, 0.15) is 23.3 Å². The first-order valence-corrected chi connectivity index (χ1v) is 13.1. The first-order chi connectivity index (χ1) is 19.4. The van der Waals surface area contributed by atoms with Crippen LogP contribution in [0, 0.1) is 0 Å². The Balaban J connectivity index is 1.57. The lowest BCUT2D eigenvalue weighted by atomic mass is 10.0. The van der Waals surface area contributed by atoms with E-state index in [4.69, 9.17) is 26.1 Å². The lowest BCUT2D eigenvalue weighted by Crippen LogP contribution is -2.29. The van der Waals surface area contributed by atoms with Crippen LogP contribution >= 0.6 is 12.2 Å². The average molecular weight is 557 g/mol. The lowest BCUT2D eigenvalue weighted by molar-refractivity contribution is -0.115. The number of methoxy groups -OCH3 is 2. The quantitative estimate of drug-likeness (QED) is 0.210. The monoisotopic (exact) mass is 556 g/mol. The third kappa shape index (κ3) is 5.26. The zero-order valence-electron chi connectivity index (χ0n) is 22.2. The van der Waals surface area contributed by atoms with Gasteiger partial charge in [0, 0.05) is 29.9 Å². The molecule has 3 heterocycles. The zero-order chi connectivity index (χ0) is 28.2. The molecule has 2 aromatic carbocycles. The van der Waals surface area contributed by atoms with Gasteiger partial charge in [0.05, 0.1) is 37.2 Å². The molecule has 0 spiro atoms. The molecule has 0 saturated carbocycles. The molecule has 40 heavy (non-hydrogen) atoms. The van der Waals surface area contributed by atoms with Crippen molar-refractivity contribution in [3.63, 3.8) is 0 Å². The fourth-order valence-corrected chi connectivity index (χ4v) is 5.02. The number of hydrogen-bond acceptors (Lipinski definition) is 7. The predicted molar refractivity (Wildman–Crippen MR) is 155 cm³/mol. The molecule has 1 amide bonds. The van der Waals surface area contributed by atoms with Crippen molar-refractivity contribution in [1.82, 2.24) is 10.3 Å². The lowest BCUT2D eigenvalue weighted by Gasteiger charge is -2.27. The van der Waals surface area contributed by atoms with Gasteiger partial charge in [0.15, 0.2) is 5.11 Å².